The molecule has 0 radical (unpaired) electrons. The van der Waals surface area contributed by atoms with E-state index in [1.165, 1.54) is 16.2 Å². The predicted octanol–water partition coefficient (Wildman–Crippen LogP) is 3.34. The van der Waals surface area contributed by atoms with Crippen molar-refractivity contribution in [3.05, 3.63) is 29.8 Å². The molecule has 3 heteroatoms. The Morgan fingerprint density at radius 1 is 1.50 bits per heavy atom. The first kappa shape index (κ1) is 12.3. The molecular weight excluding hydrogens is 238 g/mol. The molecule has 1 heterocycles. The van der Waals surface area contributed by atoms with Crippen molar-refractivity contribution in [2.75, 3.05) is 24.7 Å². The lowest BCUT2D eigenvalue weighted by Gasteiger charge is -2.14. The number of alkyl halides is 1. The normalized spacial score (nSPS) is 20.8. The van der Waals surface area contributed by atoms with Crippen LogP contribution in [0.4, 0.5) is 0 Å². The van der Waals surface area contributed by atoms with Gasteiger partial charge in [0.05, 0.1) is 0 Å². The topological polar surface area (TPSA) is 12.0 Å². The van der Waals surface area contributed by atoms with Crippen molar-refractivity contribution >= 4 is 23.4 Å². The Morgan fingerprint density at radius 3 is 3.12 bits per heavy atom. The third-order valence-electron chi connectivity index (χ3n) is 2.95. The van der Waals surface area contributed by atoms with Gasteiger partial charge in [-0.05, 0) is 24.1 Å². The van der Waals surface area contributed by atoms with Crippen LogP contribution in [0, 0.1) is 5.92 Å². The zero-order valence-electron chi connectivity index (χ0n) is 9.58. The molecule has 2 unspecified atom stereocenters. The van der Waals surface area contributed by atoms with Crippen molar-refractivity contribution in [1.29, 1.82) is 0 Å². The standard InChI is InChI=1S/C13H18ClNS/c1-10(6-14)7-15-8-11-9-16-13-5-3-2-4-12(11)13/h2-5,10-11,15H,6-9H2,1H3. The Balaban J connectivity index is 1.84. The van der Waals surface area contributed by atoms with E-state index in [9.17, 15) is 0 Å². The minimum absolute atomic E-state index is 0.561. The van der Waals surface area contributed by atoms with Gasteiger partial charge in [-0.25, -0.2) is 0 Å². The first-order valence-electron chi connectivity index (χ1n) is 5.79. The summed E-state index contributed by atoms with van der Waals surface area (Å²) in [6.45, 7) is 4.27. The van der Waals surface area contributed by atoms with Crippen LogP contribution in [-0.4, -0.2) is 24.7 Å². The largest absolute Gasteiger partial charge is 0.316 e. The molecule has 2 rings (SSSR count). The van der Waals surface area contributed by atoms with Crippen LogP contribution in [0.15, 0.2) is 29.2 Å². The lowest BCUT2D eigenvalue weighted by atomic mass is 10.0. The molecule has 1 N–H and O–H groups in total. The van der Waals surface area contributed by atoms with Crippen molar-refractivity contribution < 1.29 is 0 Å². The number of hydrogen-bond donors (Lipinski definition) is 1. The molecule has 1 aromatic rings. The Hall–Kier alpha value is -0.180. The summed E-state index contributed by atoms with van der Waals surface area (Å²) in [5.41, 5.74) is 1.51. The van der Waals surface area contributed by atoms with Crippen LogP contribution >= 0.6 is 23.4 Å². The summed E-state index contributed by atoms with van der Waals surface area (Å²) in [6.07, 6.45) is 0. The van der Waals surface area contributed by atoms with Gasteiger partial charge in [-0.1, -0.05) is 25.1 Å². The highest BCUT2D eigenvalue weighted by molar-refractivity contribution is 7.99. The fraction of sp³-hybridized carbons (Fsp3) is 0.538. The van der Waals surface area contributed by atoms with Gasteiger partial charge in [0.1, 0.15) is 0 Å². The lowest BCUT2D eigenvalue weighted by molar-refractivity contribution is 0.535. The van der Waals surface area contributed by atoms with Gasteiger partial charge < -0.3 is 5.32 Å². The molecule has 0 aromatic heterocycles. The van der Waals surface area contributed by atoms with Gasteiger partial charge in [-0.3, -0.25) is 0 Å². The van der Waals surface area contributed by atoms with Crippen molar-refractivity contribution in [3.8, 4) is 0 Å². The third-order valence-corrected chi connectivity index (χ3v) is 4.72. The smallest absolute Gasteiger partial charge is 0.0261 e. The summed E-state index contributed by atoms with van der Waals surface area (Å²) in [5.74, 6) is 3.18. The van der Waals surface area contributed by atoms with Crippen molar-refractivity contribution in [3.63, 3.8) is 0 Å². The lowest BCUT2D eigenvalue weighted by Crippen LogP contribution is -2.27. The molecule has 0 saturated heterocycles. The van der Waals surface area contributed by atoms with Gasteiger partial charge in [0.15, 0.2) is 0 Å². The van der Waals surface area contributed by atoms with E-state index in [4.69, 9.17) is 11.6 Å². The molecular formula is C13H18ClNS. The minimum atomic E-state index is 0.561. The highest BCUT2D eigenvalue weighted by Gasteiger charge is 2.21. The van der Waals surface area contributed by atoms with Gasteiger partial charge in [0, 0.05) is 29.0 Å². The molecule has 1 aromatic carbocycles. The van der Waals surface area contributed by atoms with E-state index < -0.39 is 0 Å². The molecule has 16 heavy (non-hydrogen) atoms. The van der Waals surface area contributed by atoms with Gasteiger partial charge in [0.25, 0.3) is 0 Å². The molecule has 2 atom stereocenters. The van der Waals surface area contributed by atoms with Crippen LogP contribution in [-0.2, 0) is 0 Å². The van der Waals surface area contributed by atoms with E-state index in [-0.39, 0.29) is 0 Å². The second kappa shape index (κ2) is 5.95. The third kappa shape index (κ3) is 2.93. The second-order valence-corrected chi connectivity index (χ2v) is 5.83. The Bertz CT molecular complexity index is 342. The van der Waals surface area contributed by atoms with Crippen LogP contribution in [0.1, 0.15) is 18.4 Å². The van der Waals surface area contributed by atoms with Crippen LogP contribution in [0.25, 0.3) is 0 Å². The number of thioether (sulfide) groups is 1. The van der Waals surface area contributed by atoms with Crippen molar-refractivity contribution in [2.24, 2.45) is 5.92 Å². The highest BCUT2D eigenvalue weighted by Crippen LogP contribution is 2.38. The molecule has 0 amide bonds. The number of halogens is 1. The summed E-state index contributed by atoms with van der Waals surface area (Å²) < 4.78 is 0. The van der Waals surface area contributed by atoms with E-state index in [0.717, 1.165) is 19.0 Å². The number of rotatable bonds is 5. The number of nitrogens with one attached hydrogen (secondary N) is 1. The zero-order chi connectivity index (χ0) is 11.4. The van der Waals surface area contributed by atoms with Crippen molar-refractivity contribution in [2.45, 2.75) is 17.7 Å². The molecule has 0 fully saturated rings. The zero-order valence-corrected chi connectivity index (χ0v) is 11.2. The molecule has 1 aliphatic rings. The Morgan fingerprint density at radius 2 is 2.31 bits per heavy atom. The molecule has 1 nitrogen and oxygen atoms in total. The average molecular weight is 256 g/mol. The van der Waals surface area contributed by atoms with Crippen LogP contribution < -0.4 is 5.32 Å². The monoisotopic (exact) mass is 255 g/mol. The minimum Gasteiger partial charge on any atom is -0.316 e. The fourth-order valence-electron chi connectivity index (χ4n) is 1.96. The van der Waals surface area contributed by atoms with Crippen LogP contribution in [0.5, 0.6) is 0 Å². The molecule has 0 saturated carbocycles. The summed E-state index contributed by atoms with van der Waals surface area (Å²) in [4.78, 5) is 1.46. The average Bonchev–Trinajstić information content (AvgIpc) is 2.73. The summed E-state index contributed by atoms with van der Waals surface area (Å²) in [7, 11) is 0. The maximum atomic E-state index is 5.78. The Kier molecular flexibility index (Phi) is 4.56. The quantitative estimate of drug-likeness (QED) is 0.810. The first-order valence-corrected chi connectivity index (χ1v) is 7.31. The van der Waals surface area contributed by atoms with E-state index in [2.05, 4.69) is 36.5 Å². The SMILES string of the molecule is CC(CCl)CNCC1CSc2ccccc21. The fourth-order valence-corrected chi connectivity index (χ4v) is 3.32. The summed E-state index contributed by atoms with van der Waals surface area (Å²) in [5, 5.41) is 3.52. The van der Waals surface area contributed by atoms with Crippen LogP contribution in [0.3, 0.4) is 0 Å². The molecule has 0 aliphatic carbocycles. The van der Waals surface area contributed by atoms with Gasteiger partial charge in [-0.15, -0.1) is 23.4 Å². The van der Waals surface area contributed by atoms with Gasteiger partial charge in [-0.2, -0.15) is 0 Å². The molecule has 0 spiro atoms. The van der Waals surface area contributed by atoms with Gasteiger partial charge in [0.2, 0.25) is 0 Å². The van der Waals surface area contributed by atoms with E-state index >= 15 is 0 Å². The first-order chi connectivity index (χ1) is 7.81. The van der Waals surface area contributed by atoms with Gasteiger partial charge >= 0.3 is 0 Å². The summed E-state index contributed by atoms with van der Waals surface area (Å²) >= 11 is 7.76. The molecule has 1 aliphatic heterocycles. The predicted molar refractivity (Wildman–Crippen MR) is 72.7 cm³/mol. The maximum Gasteiger partial charge on any atom is 0.0261 e. The van der Waals surface area contributed by atoms with Crippen molar-refractivity contribution in [1.82, 2.24) is 5.32 Å². The number of benzene rings is 1. The Labute approximate surface area is 107 Å². The molecule has 0 bridgehead atoms. The summed E-state index contributed by atoms with van der Waals surface area (Å²) in [6, 6.07) is 8.74. The second-order valence-electron chi connectivity index (χ2n) is 4.46. The highest BCUT2D eigenvalue weighted by atomic mass is 35.5. The van der Waals surface area contributed by atoms with Crippen LogP contribution in [0.2, 0.25) is 0 Å². The van der Waals surface area contributed by atoms with E-state index in [1.54, 1.807) is 0 Å². The maximum absolute atomic E-state index is 5.78. The number of fused-ring (bicyclic) bond motifs is 1. The number of hydrogen-bond acceptors (Lipinski definition) is 2. The van der Waals surface area contributed by atoms with E-state index in [0.29, 0.717) is 11.8 Å². The molecule has 88 valence electrons. The van der Waals surface area contributed by atoms with E-state index in [1.807, 2.05) is 11.8 Å².